The highest BCUT2D eigenvalue weighted by molar-refractivity contribution is 9.10. The molecule has 164 valence electrons. The van der Waals surface area contributed by atoms with Crippen LogP contribution in [0.3, 0.4) is 0 Å². The molecule has 0 bridgehead atoms. The van der Waals surface area contributed by atoms with E-state index < -0.39 is 11.6 Å². The molecule has 1 fully saturated rings. The van der Waals surface area contributed by atoms with Crippen molar-refractivity contribution in [2.24, 2.45) is 0 Å². The van der Waals surface area contributed by atoms with Gasteiger partial charge in [-0.1, -0.05) is 6.07 Å². The number of hydrogen-bond acceptors (Lipinski definition) is 5. The Morgan fingerprint density at radius 3 is 2.59 bits per heavy atom. The van der Waals surface area contributed by atoms with E-state index in [0.29, 0.717) is 52.4 Å². The van der Waals surface area contributed by atoms with E-state index in [2.05, 4.69) is 36.0 Å². The van der Waals surface area contributed by atoms with Gasteiger partial charge in [-0.25, -0.2) is 18.4 Å². The molecule has 1 saturated heterocycles. The van der Waals surface area contributed by atoms with Crippen LogP contribution in [0, 0.1) is 11.6 Å². The van der Waals surface area contributed by atoms with Gasteiger partial charge in [-0.3, -0.25) is 9.78 Å². The minimum atomic E-state index is -0.659. The number of nitrogens with zero attached hydrogens (tertiary/aromatic N) is 4. The molecule has 3 aromatic heterocycles. The summed E-state index contributed by atoms with van der Waals surface area (Å²) in [5.74, 6) is -0.837. The highest BCUT2D eigenvalue weighted by atomic mass is 79.9. The summed E-state index contributed by atoms with van der Waals surface area (Å²) in [5.41, 5.74) is 1.86. The maximum absolute atomic E-state index is 13.5. The fourth-order valence-corrected chi connectivity index (χ4v) is 4.44. The van der Waals surface area contributed by atoms with Crippen LogP contribution < -0.4 is 5.56 Å². The van der Waals surface area contributed by atoms with Crippen molar-refractivity contribution in [1.29, 1.82) is 0 Å². The molecule has 0 spiro atoms. The normalized spacial score (nSPS) is 14.8. The minimum Gasteiger partial charge on any atom is -0.381 e. The van der Waals surface area contributed by atoms with E-state index in [1.54, 1.807) is 23.0 Å². The third kappa shape index (κ3) is 4.07. The lowest BCUT2D eigenvalue weighted by Crippen LogP contribution is -2.21. The van der Waals surface area contributed by atoms with E-state index in [4.69, 9.17) is 4.74 Å². The molecule has 0 radical (unpaired) electrons. The summed E-state index contributed by atoms with van der Waals surface area (Å²) in [4.78, 5) is 24.5. The number of ether oxygens (including phenoxy) is 1. The van der Waals surface area contributed by atoms with Crippen LogP contribution in [0.15, 0.2) is 45.9 Å². The van der Waals surface area contributed by atoms with Crippen molar-refractivity contribution >= 4 is 27.0 Å². The van der Waals surface area contributed by atoms with Crippen LogP contribution in [0.5, 0.6) is 0 Å². The number of H-pyrrole nitrogens is 1. The van der Waals surface area contributed by atoms with Crippen LogP contribution in [-0.4, -0.2) is 37.9 Å². The Bertz CT molecular complexity index is 1330. The fraction of sp³-hybridized carbons (Fsp3) is 0.273. The van der Waals surface area contributed by atoms with Crippen LogP contribution in [-0.2, 0) is 11.2 Å². The fourth-order valence-electron chi connectivity index (χ4n) is 3.91. The molecule has 4 aromatic rings. The Kier molecular flexibility index (Phi) is 5.56. The van der Waals surface area contributed by atoms with E-state index in [9.17, 15) is 13.6 Å². The number of benzene rings is 1. The Morgan fingerprint density at radius 2 is 1.91 bits per heavy atom. The van der Waals surface area contributed by atoms with Gasteiger partial charge in [-0.05, 0) is 52.5 Å². The van der Waals surface area contributed by atoms with Gasteiger partial charge in [0.25, 0.3) is 5.56 Å². The van der Waals surface area contributed by atoms with Gasteiger partial charge in [0.2, 0.25) is 0 Å². The van der Waals surface area contributed by atoms with E-state index in [1.807, 2.05) is 0 Å². The SMILES string of the molecule is O=c1[nH]c(Cc2ccc(-c3cc(F)cc(F)c3)nc2)nc2c1c(Br)nn2C1CCOCC1. The zero-order valence-corrected chi connectivity index (χ0v) is 18.4. The molecule has 32 heavy (non-hydrogen) atoms. The Morgan fingerprint density at radius 1 is 1.16 bits per heavy atom. The van der Waals surface area contributed by atoms with Crippen molar-refractivity contribution in [1.82, 2.24) is 24.7 Å². The van der Waals surface area contributed by atoms with Crippen molar-refractivity contribution in [3.8, 4) is 11.3 Å². The Balaban J connectivity index is 1.45. The summed E-state index contributed by atoms with van der Waals surface area (Å²) in [5, 5.41) is 4.92. The number of hydrogen-bond donors (Lipinski definition) is 1. The zero-order valence-electron chi connectivity index (χ0n) is 16.8. The largest absolute Gasteiger partial charge is 0.381 e. The third-order valence-corrected chi connectivity index (χ3v) is 6.01. The molecule has 1 aliphatic heterocycles. The lowest BCUT2D eigenvalue weighted by atomic mass is 10.1. The highest BCUT2D eigenvalue weighted by Crippen LogP contribution is 2.27. The molecule has 4 heterocycles. The average Bonchev–Trinajstić information content (AvgIpc) is 3.11. The van der Waals surface area contributed by atoms with E-state index in [-0.39, 0.29) is 11.6 Å². The van der Waals surface area contributed by atoms with Crippen molar-refractivity contribution in [2.75, 3.05) is 13.2 Å². The number of aromatic nitrogens is 5. The van der Waals surface area contributed by atoms with Gasteiger partial charge in [0.1, 0.15) is 27.4 Å². The molecule has 0 amide bonds. The van der Waals surface area contributed by atoms with E-state index in [0.717, 1.165) is 24.5 Å². The first kappa shape index (κ1) is 20.9. The Labute approximate surface area is 189 Å². The molecule has 1 N–H and O–H groups in total. The molecular formula is C22H18BrF2N5O2. The van der Waals surface area contributed by atoms with Gasteiger partial charge in [0.05, 0.1) is 11.7 Å². The molecule has 1 aromatic carbocycles. The summed E-state index contributed by atoms with van der Waals surface area (Å²) < 4.78 is 34.7. The first-order valence-corrected chi connectivity index (χ1v) is 10.9. The smallest absolute Gasteiger partial charge is 0.263 e. The van der Waals surface area contributed by atoms with Gasteiger partial charge in [-0.2, -0.15) is 5.10 Å². The van der Waals surface area contributed by atoms with Gasteiger partial charge in [0, 0.05) is 37.5 Å². The first-order valence-electron chi connectivity index (χ1n) is 10.1. The topological polar surface area (TPSA) is 85.7 Å². The second kappa shape index (κ2) is 8.51. The zero-order chi connectivity index (χ0) is 22.2. The van der Waals surface area contributed by atoms with Crippen molar-refractivity contribution in [2.45, 2.75) is 25.3 Å². The van der Waals surface area contributed by atoms with Crippen LogP contribution in [0.25, 0.3) is 22.3 Å². The standard InChI is InChI=1S/C22H18BrF2N5O2/c23-20-19-21(30(29-20)16-3-5-32-6-4-16)27-18(28-22(19)31)7-12-1-2-17(26-11-12)13-8-14(24)10-15(25)9-13/h1-2,8-11,16H,3-7H2,(H,27,28,31). The summed E-state index contributed by atoms with van der Waals surface area (Å²) in [7, 11) is 0. The second-order valence-corrected chi connectivity index (χ2v) is 8.43. The van der Waals surface area contributed by atoms with E-state index in [1.165, 1.54) is 12.1 Å². The molecule has 7 nitrogen and oxygen atoms in total. The number of fused-ring (bicyclic) bond motifs is 1. The quantitative estimate of drug-likeness (QED) is 0.453. The lowest BCUT2D eigenvalue weighted by molar-refractivity contribution is 0.0672. The van der Waals surface area contributed by atoms with Crippen LogP contribution in [0.2, 0.25) is 0 Å². The number of pyridine rings is 1. The molecular weight excluding hydrogens is 484 g/mol. The first-order chi connectivity index (χ1) is 15.5. The maximum Gasteiger partial charge on any atom is 0.263 e. The predicted octanol–water partition coefficient (Wildman–Crippen LogP) is 4.16. The molecule has 0 aliphatic carbocycles. The lowest BCUT2D eigenvalue weighted by Gasteiger charge is -2.22. The molecule has 5 rings (SSSR count). The summed E-state index contributed by atoms with van der Waals surface area (Å²) in [6.07, 6.45) is 3.55. The molecule has 0 saturated carbocycles. The van der Waals surface area contributed by atoms with E-state index >= 15 is 0 Å². The van der Waals surface area contributed by atoms with Gasteiger partial charge in [-0.15, -0.1) is 0 Å². The summed E-state index contributed by atoms with van der Waals surface area (Å²) in [6.45, 7) is 1.29. The van der Waals surface area contributed by atoms with Crippen molar-refractivity contribution < 1.29 is 13.5 Å². The number of nitrogens with one attached hydrogen (secondary N) is 1. The predicted molar refractivity (Wildman–Crippen MR) is 117 cm³/mol. The van der Waals surface area contributed by atoms with Gasteiger partial charge < -0.3 is 9.72 Å². The van der Waals surface area contributed by atoms with Gasteiger partial charge >= 0.3 is 0 Å². The summed E-state index contributed by atoms with van der Waals surface area (Å²) >= 11 is 3.38. The number of aromatic amines is 1. The number of halogens is 3. The van der Waals surface area contributed by atoms with Crippen molar-refractivity contribution in [3.05, 3.63) is 74.5 Å². The molecule has 0 unspecified atom stereocenters. The summed E-state index contributed by atoms with van der Waals surface area (Å²) in [6, 6.07) is 6.87. The van der Waals surface area contributed by atoms with Gasteiger partial charge in [0.15, 0.2) is 5.65 Å². The third-order valence-electron chi connectivity index (χ3n) is 5.46. The maximum atomic E-state index is 13.5. The van der Waals surface area contributed by atoms with Crippen LogP contribution in [0.4, 0.5) is 8.78 Å². The average molecular weight is 502 g/mol. The van der Waals surface area contributed by atoms with Crippen molar-refractivity contribution in [3.63, 3.8) is 0 Å². The molecule has 0 atom stereocenters. The highest BCUT2D eigenvalue weighted by Gasteiger charge is 2.23. The second-order valence-electron chi connectivity index (χ2n) is 7.68. The van der Waals surface area contributed by atoms with Crippen LogP contribution in [0.1, 0.15) is 30.3 Å². The molecule has 1 aliphatic rings. The molecule has 10 heteroatoms. The number of rotatable bonds is 4. The minimum absolute atomic E-state index is 0.118. The monoisotopic (exact) mass is 501 g/mol. The Hall–Kier alpha value is -2.98. The van der Waals surface area contributed by atoms with Crippen LogP contribution >= 0.6 is 15.9 Å².